The Balaban J connectivity index is 2.07. The molecule has 17 heavy (non-hydrogen) atoms. The highest BCUT2D eigenvalue weighted by Crippen LogP contribution is 2.36. The Morgan fingerprint density at radius 3 is 2.41 bits per heavy atom. The summed E-state index contributed by atoms with van der Waals surface area (Å²) in [6.07, 6.45) is 6.89. The first-order valence-electron chi connectivity index (χ1n) is 6.85. The summed E-state index contributed by atoms with van der Waals surface area (Å²) < 4.78 is 0. The third kappa shape index (κ3) is 2.63. The fourth-order valence-electron chi connectivity index (χ4n) is 3.17. The van der Waals surface area contributed by atoms with Crippen molar-refractivity contribution < 1.29 is 9.90 Å². The summed E-state index contributed by atoms with van der Waals surface area (Å²) in [6, 6.07) is 0. The Labute approximate surface area is 103 Å². The summed E-state index contributed by atoms with van der Waals surface area (Å²) >= 11 is 0. The highest BCUT2D eigenvalue weighted by Gasteiger charge is 2.41. The minimum atomic E-state index is -0.334. The Hall–Kier alpha value is -0.610. The van der Waals surface area contributed by atoms with Crippen LogP contribution in [-0.2, 0) is 4.79 Å². The van der Waals surface area contributed by atoms with Gasteiger partial charge in [-0.15, -0.1) is 0 Å². The lowest BCUT2D eigenvalue weighted by Gasteiger charge is -2.34. The Kier molecular flexibility index (Phi) is 4.05. The first-order valence-corrected chi connectivity index (χ1v) is 6.85. The molecule has 98 valence electrons. The number of aliphatic hydroxyl groups excluding tert-OH is 1. The van der Waals surface area contributed by atoms with Crippen molar-refractivity contribution in [2.45, 2.75) is 51.0 Å². The van der Waals surface area contributed by atoms with Crippen LogP contribution in [0.5, 0.6) is 0 Å². The van der Waals surface area contributed by atoms with E-state index in [-0.39, 0.29) is 17.4 Å². The molecule has 4 heteroatoms. The van der Waals surface area contributed by atoms with Crippen LogP contribution in [0.1, 0.15) is 44.9 Å². The molecule has 1 saturated carbocycles. The molecule has 2 rings (SSSR count). The summed E-state index contributed by atoms with van der Waals surface area (Å²) in [5, 5.41) is 9.53. The predicted octanol–water partition coefficient (Wildman–Crippen LogP) is 0.879. The smallest absolute Gasteiger partial charge is 0.230 e. The van der Waals surface area contributed by atoms with Crippen molar-refractivity contribution >= 4 is 5.91 Å². The van der Waals surface area contributed by atoms with Crippen LogP contribution in [0, 0.1) is 5.41 Å². The van der Waals surface area contributed by atoms with Gasteiger partial charge in [-0.1, -0.05) is 25.7 Å². The topological polar surface area (TPSA) is 66.6 Å². The number of carbonyl (C=O) groups is 1. The van der Waals surface area contributed by atoms with Crippen LogP contribution < -0.4 is 5.73 Å². The average Bonchev–Trinajstić information content (AvgIpc) is 2.64. The Morgan fingerprint density at radius 2 is 1.94 bits per heavy atom. The zero-order chi connectivity index (χ0) is 12.3. The lowest BCUT2D eigenvalue weighted by molar-refractivity contribution is -0.141. The molecule has 1 atom stereocenters. The van der Waals surface area contributed by atoms with Crippen molar-refractivity contribution in [1.82, 2.24) is 4.90 Å². The van der Waals surface area contributed by atoms with Crippen molar-refractivity contribution in [1.29, 1.82) is 0 Å². The molecule has 0 bridgehead atoms. The van der Waals surface area contributed by atoms with Crippen LogP contribution in [0.2, 0.25) is 0 Å². The van der Waals surface area contributed by atoms with Gasteiger partial charge in [0.05, 0.1) is 11.5 Å². The van der Waals surface area contributed by atoms with Crippen LogP contribution >= 0.6 is 0 Å². The first-order chi connectivity index (χ1) is 8.18. The van der Waals surface area contributed by atoms with Crippen molar-refractivity contribution in [2.75, 3.05) is 19.6 Å². The molecular weight excluding hydrogens is 216 g/mol. The zero-order valence-corrected chi connectivity index (χ0v) is 10.5. The van der Waals surface area contributed by atoms with E-state index < -0.39 is 0 Å². The second-order valence-electron chi connectivity index (χ2n) is 5.59. The summed E-state index contributed by atoms with van der Waals surface area (Å²) in [7, 11) is 0. The maximum Gasteiger partial charge on any atom is 0.230 e. The van der Waals surface area contributed by atoms with Crippen molar-refractivity contribution in [3.63, 3.8) is 0 Å². The summed E-state index contributed by atoms with van der Waals surface area (Å²) in [6.45, 7) is 1.65. The third-order valence-corrected chi connectivity index (χ3v) is 4.36. The third-order valence-electron chi connectivity index (χ3n) is 4.36. The molecule has 2 aliphatic rings. The van der Waals surface area contributed by atoms with Crippen LogP contribution in [0.4, 0.5) is 0 Å². The average molecular weight is 240 g/mol. The number of nitrogens with zero attached hydrogens (tertiary/aromatic N) is 1. The van der Waals surface area contributed by atoms with Gasteiger partial charge in [-0.05, 0) is 19.3 Å². The van der Waals surface area contributed by atoms with Gasteiger partial charge in [0.15, 0.2) is 0 Å². The summed E-state index contributed by atoms with van der Waals surface area (Å²) in [5.41, 5.74) is 5.57. The summed E-state index contributed by atoms with van der Waals surface area (Å²) in [4.78, 5) is 14.4. The number of carbonyl (C=O) groups excluding carboxylic acids is 1. The van der Waals surface area contributed by atoms with E-state index in [0.717, 1.165) is 25.7 Å². The van der Waals surface area contributed by atoms with Gasteiger partial charge in [0.1, 0.15) is 0 Å². The largest absolute Gasteiger partial charge is 0.391 e. The molecule has 1 amide bonds. The van der Waals surface area contributed by atoms with Gasteiger partial charge in [0.25, 0.3) is 0 Å². The minimum Gasteiger partial charge on any atom is -0.391 e. The van der Waals surface area contributed by atoms with Gasteiger partial charge in [-0.25, -0.2) is 0 Å². The molecule has 0 aromatic heterocycles. The number of nitrogens with two attached hydrogens (primary N) is 1. The molecule has 4 nitrogen and oxygen atoms in total. The molecule has 1 aliphatic carbocycles. The number of β-amino-alcohol motifs (C(OH)–C–C–N with tert-alkyl or cyclic N) is 1. The maximum absolute atomic E-state index is 12.6. The van der Waals surface area contributed by atoms with Crippen LogP contribution in [0.15, 0.2) is 0 Å². The van der Waals surface area contributed by atoms with Crippen LogP contribution in [0.3, 0.4) is 0 Å². The number of amides is 1. The van der Waals surface area contributed by atoms with Crippen LogP contribution in [-0.4, -0.2) is 41.7 Å². The van der Waals surface area contributed by atoms with Gasteiger partial charge >= 0.3 is 0 Å². The number of likely N-dealkylation sites (tertiary alicyclic amines) is 1. The standard InChI is InChI=1S/C13H24N2O2/c14-10-13(6-3-1-2-4-7-13)12(17)15-8-5-11(16)9-15/h11,16H,1-10,14H2/t11-/m0/s1. The zero-order valence-electron chi connectivity index (χ0n) is 10.5. The van der Waals surface area contributed by atoms with E-state index in [1.165, 1.54) is 12.8 Å². The molecule has 0 spiro atoms. The molecule has 0 aromatic rings. The molecule has 0 radical (unpaired) electrons. The van der Waals surface area contributed by atoms with E-state index >= 15 is 0 Å². The fraction of sp³-hybridized carbons (Fsp3) is 0.923. The van der Waals surface area contributed by atoms with E-state index in [1.807, 2.05) is 4.90 Å². The summed E-state index contributed by atoms with van der Waals surface area (Å²) in [5.74, 6) is 0.193. The van der Waals surface area contributed by atoms with E-state index in [2.05, 4.69) is 0 Å². The molecule has 1 heterocycles. The molecule has 1 saturated heterocycles. The first kappa shape index (κ1) is 12.8. The van der Waals surface area contributed by atoms with E-state index in [9.17, 15) is 9.90 Å². The van der Waals surface area contributed by atoms with Gasteiger partial charge in [0.2, 0.25) is 5.91 Å². The predicted molar refractivity (Wildman–Crippen MR) is 66.4 cm³/mol. The lowest BCUT2D eigenvalue weighted by atomic mass is 9.79. The molecular formula is C13H24N2O2. The van der Waals surface area contributed by atoms with Crippen molar-refractivity contribution in [3.05, 3.63) is 0 Å². The van der Waals surface area contributed by atoms with Crippen LogP contribution in [0.25, 0.3) is 0 Å². The van der Waals surface area contributed by atoms with Gasteiger partial charge in [0, 0.05) is 19.6 Å². The number of hydrogen-bond acceptors (Lipinski definition) is 3. The number of aliphatic hydroxyl groups is 1. The van der Waals surface area contributed by atoms with Gasteiger partial charge in [-0.2, -0.15) is 0 Å². The highest BCUT2D eigenvalue weighted by molar-refractivity contribution is 5.83. The maximum atomic E-state index is 12.6. The van der Waals surface area contributed by atoms with Gasteiger partial charge < -0.3 is 15.7 Å². The van der Waals surface area contributed by atoms with E-state index in [0.29, 0.717) is 26.1 Å². The second kappa shape index (κ2) is 5.36. The van der Waals surface area contributed by atoms with Crippen molar-refractivity contribution in [3.8, 4) is 0 Å². The lowest BCUT2D eigenvalue weighted by Crippen LogP contribution is -2.47. The molecule has 3 N–H and O–H groups in total. The number of hydrogen-bond donors (Lipinski definition) is 2. The highest BCUT2D eigenvalue weighted by atomic mass is 16.3. The Morgan fingerprint density at radius 1 is 1.29 bits per heavy atom. The Bertz CT molecular complexity index is 273. The molecule has 1 aliphatic heterocycles. The van der Waals surface area contributed by atoms with E-state index in [4.69, 9.17) is 5.73 Å². The quantitative estimate of drug-likeness (QED) is 0.704. The van der Waals surface area contributed by atoms with Gasteiger partial charge in [-0.3, -0.25) is 4.79 Å². The van der Waals surface area contributed by atoms with E-state index in [1.54, 1.807) is 0 Å². The normalized spacial score (nSPS) is 29.1. The monoisotopic (exact) mass is 240 g/mol. The molecule has 0 aromatic carbocycles. The molecule has 2 fully saturated rings. The minimum absolute atomic E-state index is 0.193. The second-order valence-corrected chi connectivity index (χ2v) is 5.59. The van der Waals surface area contributed by atoms with Crippen molar-refractivity contribution in [2.24, 2.45) is 11.1 Å². The fourth-order valence-corrected chi connectivity index (χ4v) is 3.17. The number of rotatable bonds is 2. The SMILES string of the molecule is NCC1(C(=O)N2CC[C@H](O)C2)CCCCCC1. The molecule has 0 unspecified atom stereocenters.